The molecule has 0 unspecified atom stereocenters. The molecule has 0 bridgehead atoms. The molecule has 1 aliphatic heterocycles. The lowest BCUT2D eigenvalue weighted by atomic mass is 10.1. The van der Waals surface area contributed by atoms with Crippen LogP contribution in [0.3, 0.4) is 0 Å². The summed E-state index contributed by atoms with van der Waals surface area (Å²) >= 11 is 6.25. The Morgan fingerprint density at radius 3 is 2.16 bits per heavy atom. The standard InChI is InChI=1S/C30H39ClFN4O13P/c1-16(2)47-29(39)43-13-45-50(41,46-14-44-30(40)48-17(3)4)15-42-12-22-23(37)24(38)27(49-22)36-11-10-21-25(34-28(31)35-26(21)36)33-18(5)19-6-8-20(32)9-7-19/h6-11,16-18,22-24,27,37-38H,12-15H2,1-5H3,(H,33,34,35)/t18-,22+,23+,24+,27+/m0/s1. The lowest BCUT2D eigenvalue weighted by molar-refractivity contribution is -0.0651. The van der Waals surface area contributed by atoms with Gasteiger partial charge in [-0.1, -0.05) is 12.1 Å². The van der Waals surface area contributed by atoms with Crippen LogP contribution in [0.15, 0.2) is 36.5 Å². The van der Waals surface area contributed by atoms with Gasteiger partial charge in [0.25, 0.3) is 0 Å². The summed E-state index contributed by atoms with van der Waals surface area (Å²) in [7, 11) is -4.29. The molecule has 0 radical (unpaired) electrons. The molecule has 0 aliphatic carbocycles. The smallest absolute Gasteiger partial charge is 0.432 e. The molecule has 2 aromatic heterocycles. The van der Waals surface area contributed by atoms with Crippen LogP contribution >= 0.6 is 19.2 Å². The van der Waals surface area contributed by atoms with Gasteiger partial charge in [0.15, 0.2) is 6.23 Å². The van der Waals surface area contributed by atoms with Crippen LogP contribution in [0.1, 0.15) is 52.5 Å². The minimum absolute atomic E-state index is 0.113. The molecular formula is C30H39ClFN4O13P. The third-order valence-corrected chi connectivity index (χ3v) is 8.59. The fourth-order valence-corrected chi connectivity index (χ4v) is 5.76. The lowest BCUT2D eigenvalue weighted by Crippen LogP contribution is -2.34. The van der Waals surface area contributed by atoms with Gasteiger partial charge in [0.2, 0.25) is 18.9 Å². The first-order chi connectivity index (χ1) is 23.7. The zero-order valence-corrected chi connectivity index (χ0v) is 29.4. The van der Waals surface area contributed by atoms with Gasteiger partial charge in [-0.2, -0.15) is 4.98 Å². The van der Waals surface area contributed by atoms with Gasteiger partial charge in [-0.3, -0.25) is 13.6 Å². The Hall–Kier alpha value is -3.61. The molecule has 0 spiro atoms. The molecule has 0 amide bonds. The van der Waals surface area contributed by atoms with Gasteiger partial charge in [0, 0.05) is 12.2 Å². The van der Waals surface area contributed by atoms with Crippen LogP contribution < -0.4 is 5.32 Å². The summed E-state index contributed by atoms with van der Waals surface area (Å²) in [6.45, 7) is 6.07. The van der Waals surface area contributed by atoms with Crippen molar-refractivity contribution < 1.29 is 66.2 Å². The van der Waals surface area contributed by atoms with E-state index in [0.717, 1.165) is 5.56 Å². The molecule has 1 saturated heterocycles. The maximum Gasteiger partial charge on any atom is 0.510 e. The number of nitrogens with zero attached hydrogens (tertiary/aromatic N) is 3. The molecule has 3 aromatic rings. The summed E-state index contributed by atoms with van der Waals surface area (Å²) in [5.74, 6) is -0.00460. The largest absolute Gasteiger partial charge is 0.510 e. The first-order valence-corrected chi connectivity index (χ1v) is 17.5. The number of hydrogen-bond donors (Lipinski definition) is 3. The second-order valence-corrected chi connectivity index (χ2v) is 13.8. The van der Waals surface area contributed by atoms with E-state index in [2.05, 4.69) is 15.3 Å². The quantitative estimate of drug-likeness (QED) is 0.0739. The molecule has 1 aromatic carbocycles. The average molecular weight is 749 g/mol. The monoisotopic (exact) mass is 748 g/mol. The van der Waals surface area contributed by atoms with Gasteiger partial charge >= 0.3 is 19.9 Å². The summed E-state index contributed by atoms with van der Waals surface area (Å²) in [6, 6.07) is 7.33. The Labute approximate surface area is 291 Å². The molecule has 4 rings (SSSR count). The van der Waals surface area contributed by atoms with Crippen molar-refractivity contribution in [3.05, 3.63) is 53.2 Å². The van der Waals surface area contributed by atoms with E-state index in [-0.39, 0.29) is 22.8 Å². The van der Waals surface area contributed by atoms with E-state index in [1.165, 1.54) is 16.7 Å². The highest BCUT2D eigenvalue weighted by Crippen LogP contribution is 2.48. The topological polar surface area (TPSA) is 208 Å². The van der Waals surface area contributed by atoms with Crippen molar-refractivity contribution in [2.45, 2.75) is 77.4 Å². The van der Waals surface area contributed by atoms with E-state index in [9.17, 15) is 28.8 Å². The van der Waals surface area contributed by atoms with E-state index in [0.29, 0.717) is 11.2 Å². The van der Waals surface area contributed by atoms with Gasteiger partial charge < -0.3 is 48.5 Å². The van der Waals surface area contributed by atoms with E-state index in [1.807, 2.05) is 6.92 Å². The number of nitrogens with one attached hydrogen (secondary N) is 1. The highest BCUT2D eigenvalue weighted by Gasteiger charge is 2.44. The number of ether oxygens (including phenoxy) is 6. The summed E-state index contributed by atoms with van der Waals surface area (Å²) in [4.78, 5) is 32.0. The van der Waals surface area contributed by atoms with Gasteiger partial charge in [-0.05, 0) is 70.0 Å². The van der Waals surface area contributed by atoms with Crippen LogP contribution in [0.5, 0.6) is 0 Å². The maximum absolute atomic E-state index is 13.4. The first kappa shape index (κ1) is 39.2. The summed E-state index contributed by atoms with van der Waals surface area (Å²) in [6.07, 6.45) is -7.64. The third-order valence-electron chi connectivity index (χ3n) is 6.93. The Kier molecular flexibility index (Phi) is 13.8. The predicted octanol–water partition coefficient (Wildman–Crippen LogP) is 5.25. The fourth-order valence-electron chi connectivity index (χ4n) is 4.61. The number of fused-ring (bicyclic) bond motifs is 1. The van der Waals surface area contributed by atoms with Crippen molar-refractivity contribution in [3.63, 3.8) is 0 Å². The zero-order chi connectivity index (χ0) is 36.6. The number of aliphatic hydroxyl groups excluding tert-OH is 2. The Morgan fingerprint density at radius 2 is 1.58 bits per heavy atom. The van der Waals surface area contributed by atoms with Crippen LogP contribution in [0, 0.1) is 5.82 Å². The number of aliphatic hydroxyl groups is 2. The Morgan fingerprint density at radius 1 is 0.980 bits per heavy atom. The molecule has 0 saturated carbocycles. The van der Waals surface area contributed by atoms with Gasteiger partial charge in [0.05, 0.1) is 24.2 Å². The van der Waals surface area contributed by atoms with Crippen LogP contribution in [-0.4, -0.2) is 94.1 Å². The minimum Gasteiger partial charge on any atom is -0.432 e. The number of aromatic nitrogens is 3. The van der Waals surface area contributed by atoms with Gasteiger partial charge in [0.1, 0.15) is 41.9 Å². The molecule has 1 aliphatic rings. The second-order valence-electron chi connectivity index (χ2n) is 11.5. The van der Waals surface area contributed by atoms with Crippen molar-refractivity contribution in [3.8, 4) is 0 Å². The average Bonchev–Trinajstić information content (AvgIpc) is 3.56. The van der Waals surface area contributed by atoms with Crippen LogP contribution in [-0.2, 0) is 42.0 Å². The van der Waals surface area contributed by atoms with Crippen LogP contribution in [0.4, 0.5) is 19.8 Å². The zero-order valence-electron chi connectivity index (χ0n) is 27.8. The number of carbonyl (C=O) groups is 2. The van der Waals surface area contributed by atoms with E-state index in [4.69, 9.17) is 49.1 Å². The van der Waals surface area contributed by atoms with Crippen molar-refractivity contribution >= 4 is 48.4 Å². The predicted molar refractivity (Wildman–Crippen MR) is 173 cm³/mol. The first-order valence-electron chi connectivity index (χ1n) is 15.4. The molecule has 1 fully saturated rings. The molecule has 5 atom stereocenters. The van der Waals surface area contributed by atoms with Crippen LogP contribution in [0.25, 0.3) is 11.0 Å². The highest BCUT2D eigenvalue weighted by molar-refractivity contribution is 7.53. The third kappa shape index (κ3) is 10.7. The normalized spacial score (nSPS) is 19.9. The van der Waals surface area contributed by atoms with Crippen molar-refractivity contribution in [1.29, 1.82) is 0 Å². The number of hydrogen-bond acceptors (Lipinski definition) is 16. The Balaban J connectivity index is 1.41. The van der Waals surface area contributed by atoms with Gasteiger partial charge in [-0.15, -0.1) is 0 Å². The van der Waals surface area contributed by atoms with E-state index < -0.39 is 83.2 Å². The summed E-state index contributed by atoms with van der Waals surface area (Å²) in [5, 5.41) is 25.4. The Bertz CT molecular complexity index is 1610. The van der Waals surface area contributed by atoms with Crippen molar-refractivity contribution in [2.24, 2.45) is 0 Å². The molecule has 276 valence electrons. The molecular weight excluding hydrogens is 710 g/mol. The van der Waals surface area contributed by atoms with Crippen molar-refractivity contribution in [2.75, 3.05) is 31.9 Å². The van der Waals surface area contributed by atoms with Crippen molar-refractivity contribution in [1.82, 2.24) is 14.5 Å². The van der Waals surface area contributed by atoms with E-state index >= 15 is 0 Å². The number of halogens is 2. The summed E-state index contributed by atoms with van der Waals surface area (Å²) < 4.78 is 69.0. The molecule has 3 N–H and O–H groups in total. The SMILES string of the molecule is CC(C)OC(=O)OCOP(=O)(COC[C@H]1O[C@@H](n2ccc3c(N[C@@H](C)c4ccc(F)cc4)nc(Cl)nc32)[C@H](O)[C@@H]1O)OCOC(=O)OC(C)C. The number of carbonyl (C=O) groups excluding carboxylic acids is 2. The molecule has 20 heteroatoms. The van der Waals surface area contributed by atoms with E-state index in [1.54, 1.807) is 52.1 Å². The number of anilines is 1. The lowest BCUT2D eigenvalue weighted by Gasteiger charge is -2.20. The maximum atomic E-state index is 13.4. The van der Waals surface area contributed by atoms with Gasteiger partial charge in [-0.25, -0.2) is 19.0 Å². The molecule has 3 heterocycles. The summed E-state index contributed by atoms with van der Waals surface area (Å²) in [5.41, 5.74) is 1.06. The number of benzene rings is 1. The fraction of sp³-hybridized carbons (Fsp3) is 0.533. The second kappa shape index (κ2) is 17.5. The minimum atomic E-state index is -4.29. The molecule has 50 heavy (non-hydrogen) atoms. The number of rotatable bonds is 16. The molecule has 17 nitrogen and oxygen atoms in total. The highest BCUT2D eigenvalue weighted by atomic mass is 35.5. The van der Waals surface area contributed by atoms with Crippen LogP contribution in [0.2, 0.25) is 5.28 Å².